The fourth-order valence-electron chi connectivity index (χ4n) is 1.59. The third-order valence-electron chi connectivity index (χ3n) is 2.59. The highest BCUT2D eigenvalue weighted by Crippen LogP contribution is 2.11. The molecule has 0 unspecified atom stereocenters. The van der Waals surface area contributed by atoms with E-state index in [1.807, 2.05) is 6.92 Å². The first-order valence-corrected chi connectivity index (χ1v) is 6.64. The van der Waals surface area contributed by atoms with Gasteiger partial charge in [-0.25, -0.2) is 0 Å². The van der Waals surface area contributed by atoms with E-state index >= 15 is 0 Å². The monoisotopic (exact) mass is 305 g/mol. The third-order valence-corrected chi connectivity index (χ3v) is 2.86. The quantitative estimate of drug-likeness (QED) is 0.620. The molecule has 0 saturated carbocycles. The minimum atomic E-state index is -1.26. The maximum atomic E-state index is 10.3. The van der Waals surface area contributed by atoms with E-state index in [9.17, 15) is 9.90 Å². The van der Waals surface area contributed by atoms with Gasteiger partial charge >= 0.3 is 0 Å². The summed E-state index contributed by atoms with van der Waals surface area (Å²) in [4.78, 5) is 10.3. The summed E-state index contributed by atoms with van der Waals surface area (Å²) in [5, 5.41) is 21.3. The molecule has 8 heteroatoms. The number of carboxylic acids is 1. The number of aromatic amines is 1. The number of hydrogen-bond acceptors (Lipinski definition) is 6. The molecule has 0 fully saturated rings. The lowest BCUT2D eigenvalue weighted by Crippen LogP contribution is -2.28. The van der Waals surface area contributed by atoms with Gasteiger partial charge in [-0.05, 0) is 42.0 Å². The van der Waals surface area contributed by atoms with E-state index in [1.165, 1.54) is 0 Å². The first kappa shape index (κ1) is 14.9. The Hall–Kier alpha value is -2.48. The zero-order valence-electron chi connectivity index (χ0n) is 11.3. The molecule has 0 saturated heterocycles. The van der Waals surface area contributed by atoms with E-state index in [2.05, 4.69) is 15.3 Å². The van der Waals surface area contributed by atoms with Crippen molar-refractivity contribution in [3.63, 3.8) is 0 Å². The van der Waals surface area contributed by atoms with E-state index in [1.54, 1.807) is 35.2 Å². The Morgan fingerprint density at radius 3 is 2.86 bits per heavy atom. The summed E-state index contributed by atoms with van der Waals surface area (Å²) in [6.07, 6.45) is 2.34. The maximum absolute atomic E-state index is 10.3. The van der Waals surface area contributed by atoms with Crippen molar-refractivity contribution in [2.45, 2.75) is 13.3 Å². The van der Waals surface area contributed by atoms with Crippen LogP contribution in [0.3, 0.4) is 0 Å². The van der Waals surface area contributed by atoms with Gasteiger partial charge in [0.25, 0.3) is 0 Å². The summed E-state index contributed by atoms with van der Waals surface area (Å²) >= 11 is 5.08. The summed E-state index contributed by atoms with van der Waals surface area (Å²) in [5.41, 5.74) is 0.820. The van der Waals surface area contributed by atoms with Crippen LogP contribution in [0, 0.1) is 4.77 Å². The molecule has 2 rings (SSSR count). The van der Waals surface area contributed by atoms with Crippen LogP contribution in [0.5, 0.6) is 5.75 Å². The Kier molecular flexibility index (Phi) is 4.83. The number of carbonyl (C=O) groups is 1. The van der Waals surface area contributed by atoms with Crippen LogP contribution in [-0.4, -0.2) is 33.7 Å². The molecule has 110 valence electrons. The fourth-order valence-corrected chi connectivity index (χ4v) is 1.79. The number of hydrogen-bond donors (Lipinski definition) is 1. The molecule has 0 atom stereocenters. The molecule has 0 aliphatic heterocycles. The number of carbonyl (C=O) groups excluding carboxylic acids is 1. The molecule has 0 spiro atoms. The van der Waals surface area contributed by atoms with E-state index in [0.717, 1.165) is 11.4 Å². The Labute approximate surface area is 125 Å². The van der Waals surface area contributed by atoms with Crippen molar-refractivity contribution in [1.82, 2.24) is 14.9 Å². The molecule has 1 aromatic heterocycles. The van der Waals surface area contributed by atoms with Gasteiger partial charge in [-0.1, -0.05) is 6.92 Å². The number of carboxylic acid groups (broad SMARTS) is 1. The molecule has 0 aliphatic carbocycles. The number of aliphatic carboxylic acids is 1. The number of nitrogens with zero attached hydrogens (tertiary/aromatic N) is 3. The topological polar surface area (TPSA) is 95.3 Å². The molecular formula is C13H13N4O3S-. The van der Waals surface area contributed by atoms with Gasteiger partial charge in [0.1, 0.15) is 12.4 Å². The zero-order valence-corrected chi connectivity index (χ0v) is 12.1. The zero-order chi connectivity index (χ0) is 15.2. The van der Waals surface area contributed by atoms with Gasteiger partial charge in [0.15, 0.2) is 5.82 Å². The lowest BCUT2D eigenvalue weighted by molar-refractivity contribution is -0.307. The number of aromatic nitrogens is 3. The molecule has 0 bridgehead atoms. The number of ether oxygens (including phenoxy) is 1. The highest BCUT2D eigenvalue weighted by molar-refractivity contribution is 7.71. The lowest BCUT2D eigenvalue weighted by atomic mass is 10.2. The van der Waals surface area contributed by atoms with Crippen LogP contribution in [0.25, 0.3) is 0 Å². The van der Waals surface area contributed by atoms with Crippen molar-refractivity contribution in [3.8, 4) is 5.75 Å². The first-order valence-electron chi connectivity index (χ1n) is 6.23. The van der Waals surface area contributed by atoms with Crippen LogP contribution in [0.1, 0.15) is 18.3 Å². The lowest BCUT2D eigenvalue weighted by Gasteiger charge is -2.06. The van der Waals surface area contributed by atoms with Crippen LogP contribution in [-0.2, 0) is 11.2 Å². The number of aryl methyl sites for hydroxylation is 1. The minimum Gasteiger partial charge on any atom is -0.546 e. The van der Waals surface area contributed by atoms with Crippen molar-refractivity contribution >= 4 is 24.4 Å². The summed E-state index contributed by atoms with van der Waals surface area (Å²) in [7, 11) is 0. The fraction of sp³-hybridized carbons (Fsp3) is 0.231. The second-order valence-electron chi connectivity index (χ2n) is 4.08. The largest absolute Gasteiger partial charge is 0.546 e. The standard InChI is InChI=1S/C13H14N4O3S/c1-2-11-15-16-13(21)17(11)14-7-9-3-5-10(6-4-9)20-8-12(18)19/h3-7H,2,8H2,1H3,(H,16,21)(H,18,19)/p-1/b14-7-. The highest BCUT2D eigenvalue weighted by Gasteiger charge is 2.01. The van der Waals surface area contributed by atoms with E-state index in [4.69, 9.17) is 17.0 Å². The summed E-state index contributed by atoms with van der Waals surface area (Å²) in [6, 6.07) is 6.81. The number of H-pyrrole nitrogens is 1. The second-order valence-corrected chi connectivity index (χ2v) is 4.47. The number of nitrogens with one attached hydrogen (secondary N) is 1. The summed E-state index contributed by atoms with van der Waals surface area (Å²) in [5.74, 6) is -0.0715. The third kappa shape index (κ3) is 3.99. The van der Waals surface area contributed by atoms with Crippen molar-refractivity contribution in [1.29, 1.82) is 0 Å². The number of benzene rings is 1. The Morgan fingerprint density at radius 2 is 2.24 bits per heavy atom. The molecule has 0 aliphatic rings. The van der Waals surface area contributed by atoms with Gasteiger partial charge in [0.05, 0.1) is 12.2 Å². The molecule has 7 nitrogen and oxygen atoms in total. The maximum Gasteiger partial charge on any atom is 0.216 e. The molecule has 1 heterocycles. The van der Waals surface area contributed by atoms with E-state index < -0.39 is 12.6 Å². The van der Waals surface area contributed by atoms with Crippen LogP contribution in [0.4, 0.5) is 0 Å². The molecule has 0 radical (unpaired) electrons. The summed E-state index contributed by atoms with van der Waals surface area (Å²) in [6.45, 7) is 1.48. The molecule has 1 N–H and O–H groups in total. The first-order chi connectivity index (χ1) is 10.1. The molecule has 2 aromatic rings. The smallest absolute Gasteiger partial charge is 0.216 e. The van der Waals surface area contributed by atoms with Crippen molar-refractivity contribution in [2.75, 3.05) is 6.61 Å². The van der Waals surface area contributed by atoms with Gasteiger partial charge in [-0.2, -0.15) is 14.9 Å². The second kappa shape index (κ2) is 6.80. The van der Waals surface area contributed by atoms with Crippen molar-refractivity contribution in [3.05, 3.63) is 40.4 Å². The van der Waals surface area contributed by atoms with E-state index in [0.29, 0.717) is 16.9 Å². The van der Waals surface area contributed by atoms with Crippen LogP contribution in [0.2, 0.25) is 0 Å². The van der Waals surface area contributed by atoms with Crippen LogP contribution < -0.4 is 9.84 Å². The molecule has 1 aromatic carbocycles. The Balaban J connectivity index is 2.09. The molecule has 21 heavy (non-hydrogen) atoms. The van der Waals surface area contributed by atoms with Gasteiger partial charge in [-0.3, -0.25) is 5.10 Å². The van der Waals surface area contributed by atoms with Crippen LogP contribution in [0.15, 0.2) is 29.4 Å². The Bertz CT molecular complexity index is 703. The van der Waals surface area contributed by atoms with Gasteiger partial charge in [0, 0.05) is 6.42 Å². The number of rotatable bonds is 6. The molecule has 0 amide bonds. The average molecular weight is 305 g/mol. The van der Waals surface area contributed by atoms with Crippen molar-refractivity contribution < 1.29 is 14.6 Å². The van der Waals surface area contributed by atoms with Gasteiger partial charge < -0.3 is 14.6 Å². The highest BCUT2D eigenvalue weighted by atomic mass is 32.1. The van der Waals surface area contributed by atoms with Gasteiger partial charge in [0.2, 0.25) is 4.77 Å². The van der Waals surface area contributed by atoms with E-state index in [-0.39, 0.29) is 0 Å². The normalized spacial score (nSPS) is 10.9. The average Bonchev–Trinajstić information content (AvgIpc) is 2.84. The predicted octanol–water partition coefficient (Wildman–Crippen LogP) is 0.514. The Morgan fingerprint density at radius 1 is 1.52 bits per heavy atom. The predicted molar refractivity (Wildman–Crippen MR) is 76.7 cm³/mol. The van der Waals surface area contributed by atoms with Crippen molar-refractivity contribution in [2.24, 2.45) is 5.10 Å². The SMILES string of the molecule is CCc1n[nH]c(=S)n1/N=C\c1ccc(OCC(=O)[O-])cc1. The van der Waals surface area contributed by atoms with Gasteiger partial charge in [-0.15, -0.1) is 0 Å². The summed E-state index contributed by atoms with van der Waals surface area (Å²) < 4.78 is 6.96. The molecular weight excluding hydrogens is 292 g/mol. The minimum absolute atomic E-state index is 0.428. The van der Waals surface area contributed by atoms with Crippen LogP contribution >= 0.6 is 12.2 Å².